The zero-order valence-corrected chi connectivity index (χ0v) is 20.2. The molecule has 0 amide bonds. The van der Waals surface area contributed by atoms with Crippen LogP contribution < -0.4 is 0 Å². The van der Waals surface area contributed by atoms with Gasteiger partial charge in [0.25, 0.3) is 0 Å². The van der Waals surface area contributed by atoms with Crippen LogP contribution in [0.4, 0.5) is 8.78 Å². The third kappa shape index (κ3) is 8.19. The third-order valence-electron chi connectivity index (χ3n) is 7.38. The fourth-order valence-electron chi connectivity index (χ4n) is 5.16. The summed E-state index contributed by atoms with van der Waals surface area (Å²) in [7, 11) is 0. The molecule has 1 aliphatic carbocycles. The average molecular weight is 512 g/mol. The lowest BCUT2D eigenvalue weighted by molar-refractivity contribution is -0.0277. The maximum atomic E-state index is 13.0. The minimum atomic E-state index is -0.819. The zero-order chi connectivity index (χ0) is 24.7. The number of aliphatic hydroxyl groups is 2. The van der Waals surface area contributed by atoms with Crippen molar-refractivity contribution in [3.05, 3.63) is 107 Å². The van der Waals surface area contributed by atoms with E-state index in [0.717, 1.165) is 56.4 Å². The highest BCUT2D eigenvalue weighted by Crippen LogP contribution is 2.37. The van der Waals surface area contributed by atoms with Crippen LogP contribution in [0.2, 0.25) is 0 Å². The second-order valence-corrected chi connectivity index (χ2v) is 9.90. The Bertz CT molecular complexity index is 1040. The molecule has 3 aromatic rings. The fourth-order valence-corrected chi connectivity index (χ4v) is 5.16. The number of rotatable bonds is 4. The van der Waals surface area contributed by atoms with Crippen molar-refractivity contribution in [3.63, 3.8) is 0 Å². The molecule has 0 bridgehead atoms. The molecule has 1 saturated heterocycles. The first-order chi connectivity index (χ1) is 16.9. The summed E-state index contributed by atoms with van der Waals surface area (Å²) < 4.78 is 25.7. The van der Waals surface area contributed by atoms with E-state index in [1.165, 1.54) is 36.2 Å². The van der Waals surface area contributed by atoms with Crippen LogP contribution in [0, 0.1) is 11.6 Å². The monoisotopic (exact) mass is 511 g/mol. The van der Waals surface area contributed by atoms with Crippen LogP contribution in [0.25, 0.3) is 0 Å². The van der Waals surface area contributed by atoms with E-state index in [0.29, 0.717) is 12.8 Å². The van der Waals surface area contributed by atoms with Crippen molar-refractivity contribution >= 4 is 0 Å². The van der Waals surface area contributed by atoms with Crippen LogP contribution in [0.1, 0.15) is 76.5 Å². The number of nitrogens with zero attached hydrogens (tertiary/aromatic N) is 1. The molecule has 1 heterocycles. The molecule has 3 nitrogen and oxygen atoms in total. The van der Waals surface area contributed by atoms with Crippen LogP contribution >= 0.6 is 0 Å². The summed E-state index contributed by atoms with van der Waals surface area (Å²) in [4.78, 5) is 2.35. The van der Waals surface area contributed by atoms with E-state index < -0.39 is 11.2 Å². The minimum Gasteiger partial charge on any atom is -0.385 e. The van der Waals surface area contributed by atoms with Crippen molar-refractivity contribution in [1.29, 1.82) is 0 Å². The second kappa shape index (κ2) is 13.8. The standard InChI is InChI=1S/C18H20FNO.C12H15FO.2CH4/c19-17-8-6-16(7-9-17)18(21)10-12-20(13-11-18)14-15-4-2-1-3-5-15;13-11-6-4-10(5-7-11)12(14)8-2-1-3-9-12;;/h1-9,21H,10-14H2;4-7,14H,1-3,8-9H2;2*1H4. The average Bonchev–Trinajstić information content (AvgIpc) is 2.88. The molecule has 0 atom stereocenters. The first-order valence-electron chi connectivity index (χ1n) is 12.6. The van der Waals surface area contributed by atoms with E-state index in [4.69, 9.17) is 0 Å². The predicted octanol–water partition coefficient (Wildman–Crippen LogP) is 7.56. The van der Waals surface area contributed by atoms with Crippen LogP contribution in [0.5, 0.6) is 0 Å². The number of piperidine rings is 1. The lowest BCUT2D eigenvalue weighted by atomic mass is 9.80. The summed E-state index contributed by atoms with van der Waals surface area (Å²) in [6.45, 7) is 2.62. The van der Waals surface area contributed by atoms with Crippen molar-refractivity contribution in [1.82, 2.24) is 4.90 Å². The SMILES string of the molecule is C.C.OC1(c2ccc(F)cc2)CCCCC1.OC1(c2ccc(F)cc2)CCN(Cc2ccccc2)CC1. The Hall–Kier alpha value is -2.60. The molecule has 0 spiro atoms. The first-order valence-corrected chi connectivity index (χ1v) is 12.6. The highest BCUT2D eigenvalue weighted by Gasteiger charge is 2.34. The van der Waals surface area contributed by atoms with Crippen molar-refractivity contribution in [3.8, 4) is 0 Å². The van der Waals surface area contributed by atoms with Gasteiger partial charge in [-0.25, -0.2) is 8.78 Å². The molecule has 1 saturated carbocycles. The van der Waals surface area contributed by atoms with E-state index in [1.54, 1.807) is 24.3 Å². The van der Waals surface area contributed by atoms with Gasteiger partial charge in [0.2, 0.25) is 0 Å². The molecule has 202 valence electrons. The molecule has 2 N–H and O–H groups in total. The quantitative estimate of drug-likeness (QED) is 0.380. The van der Waals surface area contributed by atoms with Gasteiger partial charge in [-0.3, -0.25) is 4.90 Å². The number of hydrogen-bond acceptors (Lipinski definition) is 3. The third-order valence-corrected chi connectivity index (χ3v) is 7.38. The summed E-state index contributed by atoms with van der Waals surface area (Å²) in [6.07, 6.45) is 6.31. The second-order valence-electron chi connectivity index (χ2n) is 9.90. The van der Waals surface area contributed by atoms with Gasteiger partial charge in [-0.2, -0.15) is 0 Å². The lowest BCUT2D eigenvalue weighted by Gasteiger charge is -2.38. The minimum absolute atomic E-state index is 0. The van der Waals surface area contributed by atoms with Gasteiger partial charge < -0.3 is 10.2 Å². The molecule has 0 radical (unpaired) electrons. The molecule has 0 aromatic heterocycles. The van der Waals surface area contributed by atoms with Gasteiger partial charge in [0.1, 0.15) is 11.6 Å². The summed E-state index contributed by atoms with van der Waals surface area (Å²) in [5.41, 5.74) is 1.46. The molecule has 3 aromatic carbocycles. The normalized spacial score (nSPS) is 18.4. The van der Waals surface area contributed by atoms with Crippen molar-refractivity contribution in [2.24, 2.45) is 0 Å². The number of hydrogen-bond donors (Lipinski definition) is 2. The molecule has 37 heavy (non-hydrogen) atoms. The Kier molecular flexibility index (Phi) is 11.4. The molecule has 1 aliphatic heterocycles. The summed E-state index contributed by atoms with van der Waals surface area (Å²) in [5.74, 6) is -0.503. The lowest BCUT2D eigenvalue weighted by Crippen LogP contribution is -2.42. The molecule has 5 heteroatoms. The topological polar surface area (TPSA) is 43.7 Å². The van der Waals surface area contributed by atoms with Gasteiger partial charge in [-0.1, -0.05) is 88.7 Å². The first kappa shape index (κ1) is 30.6. The van der Waals surface area contributed by atoms with Crippen molar-refractivity contribution in [2.45, 2.75) is 77.5 Å². The van der Waals surface area contributed by atoms with Crippen LogP contribution in [0.3, 0.4) is 0 Å². The van der Waals surface area contributed by atoms with Gasteiger partial charge in [-0.15, -0.1) is 0 Å². The molecule has 2 aliphatic rings. The number of likely N-dealkylation sites (tertiary alicyclic amines) is 1. The number of benzene rings is 3. The highest BCUT2D eigenvalue weighted by atomic mass is 19.1. The maximum Gasteiger partial charge on any atom is 0.123 e. The summed E-state index contributed by atoms with van der Waals surface area (Å²) in [6, 6.07) is 22.8. The van der Waals surface area contributed by atoms with Crippen LogP contribution in [-0.2, 0) is 17.7 Å². The Morgan fingerprint density at radius 3 is 1.49 bits per heavy atom. The van der Waals surface area contributed by atoms with Crippen molar-refractivity contribution in [2.75, 3.05) is 13.1 Å². The van der Waals surface area contributed by atoms with Crippen molar-refractivity contribution < 1.29 is 19.0 Å². The Labute approximate surface area is 221 Å². The Balaban J connectivity index is 0.000000265. The van der Waals surface area contributed by atoms with Gasteiger partial charge in [-0.05, 0) is 66.6 Å². The van der Waals surface area contributed by atoms with Gasteiger partial charge in [0, 0.05) is 19.6 Å². The van der Waals surface area contributed by atoms with Gasteiger partial charge in [0.05, 0.1) is 11.2 Å². The van der Waals surface area contributed by atoms with Crippen LogP contribution in [-0.4, -0.2) is 28.2 Å². The molecule has 2 fully saturated rings. The molecule has 5 rings (SSSR count). The fraction of sp³-hybridized carbons (Fsp3) is 0.438. The molecular weight excluding hydrogens is 468 g/mol. The maximum absolute atomic E-state index is 13.0. The van der Waals surface area contributed by atoms with Gasteiger partial charge in [0.15, 0.2) is 0 Å². The van der Waals surface area contributed by atoms with Crippen LogP contribution in [0.15, 0.2) is 78.9 Å². The smallest absolute Gasteiger partial charge is 0.123 e. The van der Waals surface area contributed by atoms with E-state index in [2.05, 4.69) is 17.0 Å². The van der Waals surface area contributed by atoms with E-state index in [-0.39, 0.29) is 26.5 Å². The Morgan fingerprint density at radius 2 is 1.03 bits per heavy atom. The zero-order valence-electron chi connectivity index (χ0n) is 20.2. The largest absolute Gasteiger partial charge is 0.385 e. The van der Waals surface area contributed by atoms with E-state index in [9.17, 15) is 19.0 Å². The molecule has 0 unspecified atom stereocenters. The Morgan fingerprint density at radius 1 is 0.595 bits per heavy atom. The van der Waals surface area contributed by atoms with E-state index >= 15 is 0 Å². The van der Waals surface area contributed by atoms with Gasteiger partial charge >= 0.3 is 0 Å². The predicted molar refractivity (Wildman–Crippen MR) is 148 cm³/mol. The van der Waals surface area contributed by atoms with E-state index in [1.807, 2.05) is 18.2 Å². The highest BCUT2D eigenvalue weighted by molar-refractivity contribution is 5.25. The summed E-state index contributed by atoms with van der Waals surface area (Å²) in [5, 5.41) is 21.1. The molecular formula is C32H43F2NO2. The number of halogens is 2. The summed E-state index contributed by atoms with van der Waals surface area (Å²) >= 11 is 0.